The largest absolute Gasteiger partial charge is 0.398 e. The first-order valence-electron chi connectivity index (χ1n) is 7.38. The van der Waals surface area contributed by atoms with Crippen molar-refractivity contribution in [3.63, 3.8) is 0 Å². The fraction of sp³-hybridized carbons (Fsp3) is 0.562. The highest BCUT2D eigenvalue weighted by atomic mass is 16.5. The third kappa shape index (κ3) is 3.51. The average Bonchev–Trinajstić information content (AvgIpc) is 2.47. The molecule has 1 aromatic rings. The fourth-order valence-corrected chi connectivity index (χ4v) is 2.57. The molecular formula is C16H24N2O2. The lowest BCUT2D eigenvalue weighted by Gasteiger charge is -2.33. The summed E-state index contributed by atoms with van der Waals surface area (Å²) in [6.45, 7) is 6.29. The molecule has 0 radical (unpaired) electrons. The van der Waals surface area contributed by atoms with Gasteiger partial charge in [-0.3, -0.25) is 4.79 Å². The minimum Gasteiger partial charge on any atom is -0.398 e. The van der Waals surface area contributed by atoms with Crippen LogP contribution in [0.5, 0.6) is 0 Å². The number of anilines is 1. The van der Waals surface area contributed by atoms with Crippen LogP contribution in [0.15, 0.2) is 18.2 Å². The number of amides is 1. The molecular weight excluding hydrogens is 252 g/mol. The zero-order valence-corrected chi connectivity index (χ0v) is 12.4. The molecule has 1 aliphatic heterocycles. The molecule has 0 spiro atoms. The van der Waals surface area contributed by atoms with E-state index in [-0.39, 0.29) is 12.0 Å². The smallest absolute Gasteiger partial charge is 0.256 e. The third-order valence-corrected chi connectivity index (χ3v) is 3.66. The van der Waals surface area contributed by atoms with Crippen molar-refractivity contribution in [2.45, 2.75) is 39.2 Å². The van der Waals surface area contributed by atoms with Gasteiger partial charge in [-0.1, -0.05) is 18.6 Å². The van der Waals surface area contributed by atoms with Crippen molar-refractivity contribution in [3.8, 4) is 0 Å². The van der Waals surface area contributed by atoms with Gasteiger partial charge in [-0.05, 0) is 38.3 Å². The molecule has 0 aromatic heterocycles. The van der Waals surface area contributed by atoms with E-state index in [1.54, 1.807) is 6.07 Å². The van der Waals surface area contributed by atoms with E-state index >= 15 is 0 Å². The minimum atomic E-state index is 0.0241. The van der Waals surface area contributed by atoms with E-state index in [0.29, 0.717) is 17.8 Å². The summed E-state index contributed by atoms with van der Waals surface area (Å²) in [5.74, 6) is 0.0241. The van der Waals surface area contributed by atoms with Gasteiger partial charge < -0.3 is 15.4 Å². The fourth-order valence-electron chi connectivity index (χ4n) is 2.57. The van der Waals surface area contributed by atoms with E-state index in [4.69, 9.17) is 10.5 Å². The Hall–Kier alpha value is -1.55. The SMILES string of the molecule is CCCOC1CCCN(C(=O)c2cc(C)ccc2N)C1. The molecule has 2 N–H and O–H groups in total. The zero-order valence-electron chi connectivity index (χ0n) is 12.4. The van der Waals surface area contributed by atoms with Gasteiger partial charge in [0.25, 0.3) is 5.91 Å². The molecule has 110 valence electrons. The molecule has 1 amide bonds. The van der Waals surface area contributed by atoms with Gasteiger partial charge in [0.2, 0.25) is 0 Å². The van der Waals surface area contributed by atoms with Crippen molar-refractivity contribution in [1.29, 1.82) is 0 Å². The molecule has 4 nitrogen and oxygen atoms in total. The molecule has 0 saturated carbocycles. The lowest BCUT2D eigenvalue weighted by atomic mass is 10.0. The number of benzene rings is 1. The summed E-state index contributed by atoms with van der Waals surface area (Å²) < 4.78 is 5.78. The second-order valence-electron chi connectivity index (χ2n) is 5.48. The summed E-state index contributed by atoms with van der Waals surface area (Å²) in [7, 11) is 0. The highest BCUT2D eigenvalue weighted by Crippen LogP contribution is 2.20. The van der Waals surface area contributed by atoms with Crippen molar-refractivity contribution in [2.24, 2.45) is 0 Å². The highest BCUT2D eigenvalue weighted by Gasteiger charge is 2.25. The molecule has 4 heteroatoms. The number of hydrogen-bond acceptors (Lipinski definition) is 3. The normalized spacial score (nSPS) is 19.1. The number of hydrogen-bond donors (Lipinski definition) is 1. The second-order valence-corrected chi connectivity index (χ2v) is 5.48. The van der Waals surface area contributed by atoms with Gasteiger partial charge in [-0.15, -0.1) is 0 Å². The van der Waals surface area contributed by atoms with E-state index in [1.165, 1.54) is 0 Å². The van der Waals surface area contributed by atoms with Gasteiger partial charge in [-0.25, -0.2) is 0 Å². The average molecular weight is 276 g/mol. The van der Waals surface area contributed by atoms with Crippen LogP contribution in [0.1, 0.15) is 42.1 Å². The van der Waals surface area contributed by atoms with E-state index in [1.807, 2.05) is 24.0 Å². The number of nitrogens with two attached hydrogens (primary N) is 1. The Morgan fingerprint density at radius 1 is 1.50 bits per heavy atom. The number of likely N-dealkylation sites (tertiary alicyclic amines) is 1. The summed E-state index contributed by atoms with van der Waals surface area (Å²) in [6, 6.07) is 5.60. The molecule has 20 heavy (non-hydrogen) atoms. The molecule has 1 aromatic carbocycles. The molecule has 0 aliphatic carbocycles. The number of ether oxygens (including phenoxy) is 1. The van der Waals surface area contributed by atoms with Gasteiger partial charge in [-0.2, -0.15) is 0 Å². The Labute approximate surface area is 120 Å². The maximum atomic E-state index is 12.6. The van der Waals surface area contributed by atoms with Crippen LogP contribution in [0.4, 0.5) is 5.69 Å². The Bertz CT molecular complexity index is 474. The van der Waals surface area contributed by atoms with Gasteiger partial charge in [0.1, 0.15) is 0 Å². The quantitative estimate of drug-likeness (QED) is 0.860. The maximum absolute atomic E-state index is 12.6. The molecule has 1 atom stereocenters. The number of rotatable bonds is 4. The van der Waals surface area contributed by atoms with E-state index < -0.39 is 0 Å². The van der Waals surface area contributed by atoms with E-state index in [0.717, 1.165) is 38.0 Å². The van der Waals surface area contributed by atoms with Crippen LogP contribution in [-0.2, 0) is 4.74 Å². The topological polar surface area (TPSA) is 55.6 Å². The van der Waals surface area contributed by atoms with Crippen molar-refractivity contribution < 1.29 is 9.53 Å². The Kier molecular flexibility index (Phi) is 5.01. The Morgan fingerprint density at radius 2 is 2.30 bits per heavy atom. The summed E-state index contributed by atoms with van der Waals surface area (Å²) in [4.78, 5) is 14.5. The highest BCUT2D eigenvalue weighted by molar-refractivity contribution is 5.99. The lowest BCUT2D eigenvalue weighted by molar-refractivity contribution is 0.00214. The van der Waals surface area contributed by atoms with Crippen molar-refractivity contribution in [1.82, 2.24) is 4.90 Å². The van der Waals surface area contributed by atoms with Gasteiger partial charge >= 0.3 is 0 Å². The maximum Gasteiger partial charge on any atom is 0.256 e. The van der Waals surface area contributed by atoms with Crippen molar-refractivity contribution in [3.05, 3.63) is 29.3 Å². The lowest BCUT2D eigenvalue weighted by Crippen LogP contribution is -2.43. The van der Waals surface area contributed by atoms with Gasteiger partial charge in [0.15, 0.2) is 0 Å². The first-order valence-corrected chi connectivity index (χ1v) is 7.38. The van der Waals surface area contributed by atoms with Crippen LogP contribution < -0.4 is 5.73 Å². The van der Waals surface area contributed by atoms with Crippen molar-refractivity contribution in [2.75, 3.05) is 25.4 Å². The number of carbonyl (C=O) groups excluding carboxylic acids is 1. The predicted molar refractivity (Wildman–Crippen MR) is 80.8 cm³/mol. The summed E-state index contributed by atoms with van der Waals surface area (Å²) in [5.41, 5.74) is 8.15. The number of piperidine rings is 1. The summed E-state index contributed by atoms with van der Waals surface area (Å²) in [6.07, 6.45) is 3.20. The van der Waals surface area contributed by atoms with Gasteiger partial charge in [0.05, 0.1) is 11.7 Å². The number of aryl methyl sites for hydroxylation is 1. The van der Waals surface area contributed by atoms with Crippen LogP contribution in [0.3, 0.4) is 0 Å². The molecule has 1 heterocycles. The summed E-state index contributed by atoms with van der Waals surface area (Å²) in [5, 5.41) is 0. The molecule has 2 rings (SSSR count). The van der Waals surface area contributed by atoms with Crippen LogP contribution >= 0.6 is 0 Å². The Balaban J connectivity index is 2.06. The number of nitrogen functional groups attached to an aromatic ring is 1. The minimum absolute atomic E-state index is 0.0241. The van der Waals surface area contributed by atoms with Crippen LogP contribution in [-0.4, -0.2) is 36.6 Å². The predicted octanol–water partition coefficient (Wildman–Crippen LogP) is 2.61. The molecule has 1 fully saturated rings. The number of nitrogens with zero attached hydrogens (tertiary/aromatic N) is 1. The Morgan fingerprint density at radius 3 is 3.05 bits per heavy atom. The van der Waals surface area contributed by atoms with E-state index in [2.05, 4.69) is 6.92 Å². The second kappa shape index (κ2) is 6.75. The molecule has 1 aliphatic rings. The summed E-state index contributed by atoms with van der Waals surface area (Å²) >= 11 is 0. The standard InChI is InChI=1S/C16H24N2O2/c1-3-9-20-13-5-4-8-18(11-13)16(19)14-10-12(2)6-7-15(14)17/h6-7,10,13H,3-5,8-9,11,17H2,1-2H3. The van der Waals surface area contributed by atoms with Crippen LogP contribution in [0.25, 0.3) is 0 Å². The first kappa shape index (κ1) is 14.9. The molecule has 1 unspecified atom stereocenters. The van der Waals surface area contributed by atoms with Crippen LogP contribution in [0.2, 0.25) is 0 Å². The monoisotopic (exact) mass is 276 g/mol. The van der Waals surface area contributed by atoms with Gasteiger partial charge in [0, 0.05) is 25.4 Å². The first-order chi connectivity index (χ1) is 9.61. The third-order valence-electron chi connectivity index (χ3n) is 3.66. The van der Waals surface area contributed by atoms with E-state index in [9.17, 15) is 4.79 Å². The molecule has 1 saturated heterocycles. The molecule has 0 bridgehead atoms. The number of carbonyl (C=O) groups is 1. The zero-order chi connectivity index (χ0) is 14.5. The van der Waals surface area contributed by atoms with Crippen LogP contribution in [0, 0.1) is 6.92 Å². The van der Waals surface area contributed by atoms with Crippen molar-refractivity contribution >= 4 is 11.6 Å².